The van der Waals surface area contributed by atoms with Crippen LogP contribution in [0.15, 0.2) is 66.7 Å². The first-order valence-electron chi connectivity index (χ1n) is 9.27. The summed E-state index contributed by atoms with van der Waals surface area (Å²) in [6, 6.07) is 22.1. The first-order valence-corrected chi connectivity index (χ1v) is 9.27. The molecule has 0 radical (unpaired) electrons. The van der Waals surface area contributed by atoms with Gasteiger partial charge < -0.3 is 14.8 Å². The Morgan fingerprint density at radius 2 is 1.61 bits per heavy atom. The lowest BCUT2D eigenvalue weighted by Crippen LogP contribution is -2.15. The summed E-state index contributed by atoms with van der Waals surface area (Å²) in [5.74, 6) is 2.97. The summed E-state index contributed by atoms with van der Waals surface area (Å²) in [7, 11) is 0. The molecule has 138 valence electrons. The predicted molar refractivity (Wildman–Crippen MR) is 110 cm³/mol. The van der Waals surface area contributed by atoms with Crippen molar-refractivity contribution < 1.29 is 9.47 Å². The molecular weight excluding hydrogens is 350 g/mol. The molecule has 0 saturated heterocycles. The Labute approximate surface area is 163 Å². The zero-order valence-electron chi connectivity index (χ0n) is 15.5. The minimum Gasteiger partial charge on any atom is -0.486 e. The monoisotopic (exact) mass is 369 g/mol. The Kier molecular flexibility index (Phi) is 4.05. The van der Waals surface area contributed by atoms with Crippen LogP contribution < -0.4 is 14.8 Å². The smallest absolute Gasteiger partial charge is 0.163 e. The lowest BCUT2D eigenvalue weighted by atomic mass is 10.1. The van der Waals surface area contributed by atoms with Crippen LogP contribution in [0.3, 0.4) is 0 Å². The number of benzene rings is 3. The van der Waals surface area contributed by atoms with E-state index in [1.807, 2.05) is 54.6 Å². The van der Waals surface area contributed by atoms with E-state index in [0.717, 1.165) is 39.5 Å². The van der Waals surface area contributed by atoms with E-state index in [-0.39, 0.29) is 0 Å². The molecule has 28 heavy (non-hydrogen) atoms. The molecule has 3 aromatic carbocycles. The molecule has 0 saturated carbocycles. The van der Waals surface area contributed by atoms with Gasteiger partial charge in [-0.1, -0.05) is 42.0 Å². The number of anilines is 2. The van der Waals surface area contributed by atoms with Crippen molar-refractivity contribution in [3.63, 3.8) is 0 Å². The number of rotatable bonds is 3. The fraction of sp³-hybridized carbons (Fsp3) is 0.130. The van der Waals surface area contributed by atoms with Crippen LogP contribution >= 0.6 is 0 Å². The third kappa shape index (κ3) is 3.11. The third-order valence-corrected chi connectivity index (χ3v) is 4.72. The van der Waals surface area contributed by atoms with Crippen molar-refractivity contribution in [1.82, 2.24) is 9.97 Å². The molecule has 0 bridgehead atoms. The van der Waals surface area contributed by atoms with Gasteiger partial charge in [0, 0.05) is 22.7 Å². The van der Waals surface area contributed by atoms with Crippen molar-refractivity contribution in [3.05, 3.63) is 72.3 Å². The summed E-state index contributed by atoms with van der Waals surface area (Å²) in [4.78, 5) is 9.57. The number of nitrogens with zero attached hydrogens (tertiary/aromatic N) is 2. The van der Waals surface area contributed by atoms with Gasteiger partial charge in [0.2, 0.25) is 0 Å². The summed E-state index contributed by atoms with van der Waals surface area (Å²) in [6.07, 6.45) is 0. The number of aryl methyl sites for hydroxylation is 1. The molecule has 1 aliphatic rings. The van der Waals surface area contributed by atoms with Crippen LogP contribution in [0.25, 0.3) is 22.3 Å². The van der Waals surface area contributed by atoms with Crippen molar-refractivity contribution in [3.8, 4) is 22.9 Å². The Morgan fingerprint density at radius 1 is 0.821 bits per heavy atom. The number of nitrogens with one attached hydrogen (secondary N) is 1. The Bertz CT molecular complexity index is 1160. The van der Waals surface area contributed by atoms with Crippen LogP contribution in [0.1, 0.15) is 5.56 Å². The zero-order valence-corrected chi connectivity index (χ0v) is 15.5. The van der Waals surface area contributed by atoms with E-state index in [2.05, 4.69) is 24.4 Å². The van der Waals surface area contributed by atoms with E-state index in [0.29, 0.717) is 19.0 Å². The SMILES string of the molecule is Cc1ccc(-c2nc(Nc3ccc4c(c3)OCCO4)c3ccccc3n2)cc1. The zero-order chi connectivity index (χ0) is 18.9. The van der Waals surface area contributed by atoms with Crippen LogP contribution in [-0.4, -0.2) is 23.2 Å². The van der Waals surface area contributed by atoms with Crippen LogP contribution in [-0.2, 0) is 0 Å². The van der Waals surface area contributed by atoms with E-state index >= 15 is 0 Å². The van der Waals surface area contributed by atoms with Crippen LogP contribution in [0, 0.1) is 6.92 Å². The number of fused-ring (bicyclic) bond motifs is 2. The van der Waals surface area contributed by atoms with Crippen LogP contribution in [0.4, 0.5) is 11.5 Å². The number of hydrogen-bond donors (Lipinski definition) is 1. The third-order valence-electron chi connectivity index (χ3n) is 4.72. The number of para-hydroxylation sites is 1. The molecule has 0 aliphatic carbocycles. The summed E-state index contributed by atoms with van der Waals surface area (Å²) in [6.45, 7) is 3.21. The largest absolute Gasteiger partial charge is 0.486 e. The highest BCUT2D eigenvalue weighted by molar-refractivity contribution is 5.92. The molecule has 5 nitrogen and oxygen atoms in total. The topological polar surface area (TPSA) is 56.3 Å². The predicted octanol–water partition coefficient (Wildman–Crippen LogP) is 5.12. The highest BCUT2D eigenvalue weighted by Gasteiger charge is 2.14. The van der Waals surface area contributed by atoms with Crippen molar-refractivity contribution in [2.45, 2.75) is 6.92 Å². The maximum atomic E-state index is 5.70. The van der Waals surface area contributed by atoms with Crippen LogP contribution in [0.5, 0.6) is 11.5 Å². The maximum Gasteiger partial charge on any atom is 0.163 e. The van der Waals surface area contributed by atoms with Crippen molar-refractivity contribution in [1.29, 1.82) is 0 Å². The molecule has 0 spiro atoms. The summed E-state index contributed by atoms with van der Waals surface area (Å²) in [5.41, 5.74) is 3.98. The fourth-order valence-electron chi connectivity index (χ4n) is 3.26. The van der Waals surface area contributed by atoms with Gasteiger partial charge in [0.1, 0.15) is 19.0 Å². The summed E-state index contributed by atoms with van der Waals surface area (Å²) in [5, 5.41) is 4.40. The molecule has 0 atom stereocenters. The lowest BCUT2D eigenvalue weighted by Gasteiger charge is -2.19. The average molecular weight is 369 g/mol. The summed E-state index contributed by atoms with van der Waals surface area (Å²) < 4.78 is 11.3. The maximum absolute atomic E-state index is 5.70. The van der Waals surface area contributed by atoms with Crippen molar-refractivity contribution in [2.75, 3.05) is 18.5 Å². The van der Waals surface area contributed by atoms with Gasteiger partial charge in [-0.2, -0.15) is 0 Å². The second-order valence-electron chi connectivity index (χ2n) is 6.76. The Balaban J connectivity index is 1.59. The Morgan fingerprint density at radius 3 is 2.46 bits per heavy atom. The Hall–Kier alpha value is -3.60. The van der Waals surface area contributed by atoms with E-state index in [1.165, 1.54) is 5.56 Å². The average Bonchev–Trinajstić information content (AvgIpc) is 2.74. The fourth-order valence-corrected chi connectivity index (χ4v) is 3.26. The van der Waals surface area contributed by atoms with E-state index in [4.69, 9.17) is 19.4 Å². The minimum absolute atomic E-state index is 0.560. The van der Waals surface area contributed by atoms with Gasteiger partial charge in [-0.15, -0.1) is 0 Å². The molecular formula is C23H19N3O2. The van der Waals surface area contributed by atoms with Crippen molar-refractivity contribution >= 4 is 22.4 Å². The van der Waals surface area contributed by atoms with E-state index in [9.17, 15) is 0 Å². The van der Waals surface area contributed by atoms with E-state index in [1.54, 1.807) is 0 Å². The van der Waals surface area contributed by atoms with Crippen LogP contribution in [0.2, 0.25) is 0 Å². The van der Waals surface area contributed by atoms with Gasteiger partial charge in [-0.05, 0) is 31.2 Å². The van der Waals surface area contributed by atoms with Gasteiger partial charge in [-0.25, -0.2) is 9.97 Å². The molecule has 5 rings (SSSR count). The number of ether oxygens (including phenoxy) is 2. The van der Waals surface area contributed by atoms with Gasteiger partial charge in [-0.3, -0.25) is 0 Å². The first-order chi connectivity index (χ1) is 13.8. The molecule has 0 fully saturated rings. The molecule has 0 unspecified atom stereocenters. The molecule has 2 heterocycles. The quantitative estimate of drug-likeness (QED) is 0.543. The minimum atomic E-state index is 0.560. The molecule has 5 heteroatoms. The molecule has 4 aromatic rings. The molecule has 1 aliphatic heterocycles. The van der Waals surface area contributed by atoms with Gasteiger partial charge in [0.05, 0.1) is 5.52 Å². The standard InChI is InChI=1S/C23H19N3O2/c1-15-6-8-16(9-7-15)22-25-19-5-3-2-4-18(19)23(26-22)24-17-10-11-20-21(14-17)28-13-12-27-20/h2-11,14H,12-13H2,1H3,(H,24,25,26). The van der Waals surface area contributed by atoms with Gasteiger partial charge >= 0.3 is 0 Å². The van der Waals surface area contributed by atoms with Gasteiger partial charge in [0.25, 0.3) is 0 Å². The lowest BCUT2D eigenvalue weighted by molar-refractivity contribution is 0.171. The highest BCUT2D eigenvalue weighted by atomic mass is 16.6. The first kappa shape index (κ1) is 16.6. The van der Waals surface area contributed by atoms with Crippen molar-refractivity contribution in [2.24, 2.45) is 0 Å². The van der Waals surface area contributed by atoms with Gasteiger partial charge in [0.15, 0.2) is 17.3 Å². The molecule has 1 aromatic heterocycles. The number of aromatic nitrogens is 2. The van der Waals surface area contributed by atoms with E-state index < -0.39 is 0 Å². The normalized spacial score (nSPS) is 12.8. The second kappa shape index (κ2) is 6.85. The molecule has 0 amide bonds. The highest BCUT2D eigenvalue weighted by Crippen LogP contribution is 2.34. The summed E-state index contributed by atoms with van der Waals surface area (Å²) >= 11 is 0. The number of hydrogen-bond acceptors (Lipinski definition) is 5. The second-order valence-corrected chi connectivity index (χ2v) is 6.76. The molecule has 1 N–H and O–H groups in total.